The number of H-pyrrole nitrogens is 1. The quantitative estimate of drug-likeness (QED) is 0.701. The second-order valence-corrected chi connectivity index (χ2v) is 4.38. The maximum atomic E-state index is 11.0. The van der Waals surface area contributed by atoms with Crippen LogP contribution < -0.4 is 5.76 Å². The third-order valence-electron chi connectivity index (χ3n) is 2.29. The first kappa shape index (κ1) is 9.35. The van der Waals surface area contributed by atoms with Gasteiger partial charge in [0.05, 0.1) is 5.52 Å². The van der Waals surface area contributed by atoms with E-state index in [0.717, 1.165) is 16.3 Å². The van der Waals surface area contributed by atoms with Gasteiger partial charge in [0.15, 0.2) is 5.58 Å². The molecule has 0 bridgehead atoms. The highest BCUT2D eigenvalue weighted by Gasteiger charge is 2.06. The van der Waals surface area contributed by atoms with E-state index in [1.807, 2.05) is 30.5 Å². The smallest absolute Gasteiger partial charge is 0.408 e. The number of hydrogen-bond acceptors (Lipinski definition) is 4. The lowest BCUT2D eigenvalue weighted by Crippen LogP contribution is -1.92. The molecule has 0 aliphatic carbocycles. The number of aryl methyl sites for hydroxylation is 1. The van der Waals surface area contributed by atoms with E-state index in [2.05, 4.69) is 9.97 Å². The van der Waals surface area contributed by atoms with Crippen LogP contribution in [0.5, 0.6) is 0 Å². The number of thiazole rings is 1. The van der Waals surface area contributed by atoms with Crippen LogP contribution in [0.15, 0.2) is 32.8 Å². The van der Waals surface area contributed by atoms with Gasteiger partial charge in [0, 0.05) is 16.6 Å². The minimum atomic E-state index is -0.428. The number of nitrogens with zero attached hydrogens (tertiary/aromatic N) is 1. The lowest BCUT2D eigenvalue weighted by atomic mass is 10.2. The van der Waals surface area contributed by atoms with Crippen molar-refractivity contribution in [3.63, 3.8) is 0 Å². The molecule has 0 saturated carbocycles. The summed E-state index contributed by atoms with van der Waals surface area (Å²) in [4.78, 5) is 18.0. The molecule has 4 nitrogen and oxygen atoms in total. The molecule has 0 radical (unpaired) electrons. The SMILES string of the molecule is Cc1csc(-c2ccc3[nH]c(=O)oc3c2)n1. The molecule has 3 aromatic rings. The lowest BCUT2D eigenvalue weighted by Gasteiger charge is -1.94. The fourth-order valence-electron chi connectivity index (χ4n) is 1.56. The number of rotatable bonds is 1. The summed E-state index contributed by atoms with van der Waals surface area (Å²) in [6.45, 7) is 1.95. The molecule has 0 aliphatic heterocycles. The van der Waals surface area contributed by atoms with Gasteiger partial charge in [-0.25, -0.2) is 9.78 Å². The van der Waals surface area contributed by atoms with Crippen molar-refractivity contribution in [2.24, 2.45) is 0 Å². The normalized spacial score (nSPS) is 11.1. The van der Waals surface area contributed by atoms with E-state index in [1.54, 1.807) is 11.3 Å². The molecule has 0 fully saturated rings. The molecule has 16 heavy (non-hydrogen) atoms. The Morgan fingerprint density at radius 1 is 1.44 bits per heavy atom. The monoisotopic (exact) mass is 232 g/mol. The summed E-state index contributed by atoms with van der Waals surface area (Å²) < 4.78 is 5.00. The van der Waals surface area contributed by atoms with E-state index in [0.29, 0.717) is 11.1 Å². The summed E-state index contributed by atoms with van der Waals surface area (Å²) in [7, 11) is 0. The number of aromatic amines is 1. The molecule has 2 heterocycles. The zero-order chi connectivity index (χ0) is 11.1. The van der Waals surface area contributed by atoms with Gasteiger partial charge in [-0.2, -0.15) is 0 Å². The molecule has 0 aliphatic rings. The first-order chi connectivity index (χ1) is 7.72. The minimum Gasteiger partial charge on any atom is -0.408 e. The van der Waals surface area contributed by atoms with Crippen LogP contribution in [0.25, 0.3) is 21.7 Å². The summed E-state index contributed by atoms with van der Waals surface area (Å²) >= 11 is 1.58. The third kappa shape index (κ3) is 1.45. The van der Waals surface area contributed by atoms with Crippen molar-refractivity contribution in [3.8, 4) is 10.6 Å². The van der Waals surface area contributed by atoms with Crippen LogP contribution in [-0.2, 0) is 0 Å². The summed E-state index contributed by atoms with van der Waals surface area (Å²) in [5.41, 5.74) is 3.24. The maximum absolute atomic E-state index is 11.0. The Morgan fingerprint density at radius 2 is 2.31 bits per heavy atom. The van der Waals surface area contributed by atoms with Crippen LogP contribution >= 0.6 is 11.3 Å². The van der Waals surface area contributed by atoms with Crippen LogP contribution in [0.3, 0.4) is 0 Å². The van der Waals surface area contributed by atoms with Crippen molar-refractivity contribution in [2.45, 2.75) is 6.92 Å². The highest BCUT2D eigenvalue weighted by molar-refractivity contribution is 7.13. The highest BCUT2D eigenvalue weighted by atomic mass is 32.1. The molecule has 0 amide bonds. The Bertz CT molecular complexity index is 708. The molecule has 2 aromatic heterocycles. The number of aromatic nitrogens is 2. The van der Waals surface area contributed by atoms with Gasteiger partial charge in [-0.1, -0.05) is 0 Å². The van der Waals surface area contributed by atoms with Gasteiger partial charge in [-0.3, -0.25) is 4.98 Å². The van der Waals surface area contributed by atoms with Crippen molar-refractivity contribution in [1.82, 2.24) is 9.97 Å². The Kier molecular flexibility index (Phi) is 1.94. The fraction of sp³-hybridized carbons (Fsp3) is 0.0909. The highest BCUT2D eigenvalue weighted by Crippen LogP contribution is 2.25. The first-order valence-corrected chi connectivity index (χ1v) is 5.66. The van der Waals surface area contributed by atoms with Crippen LogP contribution in [0.4, 0.5) is 0 Å². The number of hydrogen-bond donors (Lipinski definition) is 1. The van der Waals surface area contributed by atoms with Gasteiger partial charge in [0.1, 0.15) is 5.01 Å². The summed E-state index contributed by atoms with van der Waals surface area (Å²) in [6.07, 6.45) is 0. The predicted octanol–water partition coefficient (Wildman–Crippen LogP) is 2.55. The first-order valence-electron chi connectivity index (χ1n) is 4.78. The Hall–Kier alpha value is -1.88. The average Bonchev–Trinajstić information content (AvgIpc) is 2.81. The molecule has 5 heteroatoms. The van der Waals surface area contributed by atoms with Gasteiger partial charge >= 0.3 is 5.76 Å². The second-order valence-electron chi connectivity index (χ2n) is 3.52. The third-order valence-corrected chi connectivity index (χ3v) is 3.30. The minimum absolute atomic E-state index is 0.428. The van der Waals surface area contributed by atoms with Crippen molar-refractivity contribution < 1.29 is 4.42 Å². The largest absolute Gasteiger partial charge is 0.417 e. The second kappa shape index (κ2) is 3.31. The van der Waals surface area contributed by atoms with Crippen LogP contribution in [0.2, 0.25) is 0 Å². The van der Waals surface area contributed by atoms with Gasteiger partial charge in [-0.15, -0.1) is 11.3 Å². The Labute approximate surface area is 94.6 Å². The molecule has 1 aromatic carbocycles. The van der Waals surface area contributed by atoms with Crippen LogP contribution in [0, 0.1) is 6.92 Å². The number of nitrogens with one attached hydrogen (secondary N) is 1. The molecular formula is C11H8N2O2S. The molecule has 0 atom stereocenters. The summed E-state index contributed by atoms with van der Waals surface area (Å²) in [5.74, 6) is -0.428. The topological polar surface area (TPSA) is 58.9 Å². The standard InChI is InChI=1S/C11H8N2O2S/c1-6-5-16-10(12-6)7-2-3-8-9(4-7)15-11(14)13-8/h2-5H,1H3,(H,13,14). The van der Waals surface area contributed by atoms with E-state index in [9.17, 15) is 4.79 Å². The van der Waals surface area contributed by atoms with E-state index in [-0.39, 0.29) is 0 Å². The fourth-order valence-corrected chi connectivity index (χ4v) is 2.36. The van der Waals surface area contributed by atoms with Gasteiger partial charge in [0.2, 0.25) is 0 Å². The average molecular weight is 232 g/mol. The predicted molar refractivity (Wildman–Crippen MR) is 62.7 cm³/mol. The van der Waals surface area contributed by atoms with Gasteiger partial charge < -0.3 is 4.42 Å². The van der Waals surface area contributed by atoms with E-state index < -0.39 is 5.76 Å². The Morgan fingerprint density at radius 3 is 3.06 bits per heavy atom. The van der Waals surface area contributed by atoms with Crippen molar-refractivity contribution in [3.05, 3.63) is 39.8 Å². The van der Waals surface area contributed by atoms with Gasteiger partial charge in [-0.05, 0) is 25.1 Å². The van der Waals surface area contributed by atoms with Crippen molar-refractivity contribution in [1.29, 1.82) is 0 Å². The zero-order valence-corrected chi connectivity index (χ0v) is 9.30. The Balaban J connectivity index is 2.21. The molecule has 0 spiro atoms. The number of fused-ring (bicyclic) bond motifs is 1. The van der Waals surface area contributed by atoms with Gasteiger partial charge in [0.25, 0.3) is 0 Å². The number of oxazole rings is 1. The molecule has 1 N–H and O–H groups in total. The van der Waals surface area contributed by atoms with E-state index >= 15 is 0 Å². The molecule has 80 valence electrons. The molecular weight excluding hydrogens is 224 g/mol. The van der Waals surface area contributed by atoms with Crippen LogP contribution in [0.1, 0.15) is 5.69 Å². The molecule has 0 saturated heterocycles. The van der Waals surface area contributed by atoms with Crippen molar-refractivity contribution >= 4 is 22.4 Å². The summed E-state index contributed by atoms with van der Waals surface area (Å²) in [5, 5.41) is 2.93. The van der Waals surface area contributed by atoms with Crippen molar-refractivity contribution in [2.75, 3.05) is 0 Å². The maximum Gasteiger partial charge on any atom is 0.417 e. The summed E-state index contributed by atoms with van der Waals surface area (Å²) in [6, 6.07) is 5.57. The van der Waals surface area contributed by atoms with Crippen LogP contribution in [-0.4, -0.2) is 9.97 Å². The molecule has 3 rings (SSSR count). The lowest BCUT2D eigenvalue weighted by molar-refractivity contribution is 0.555. The number of benzene rings is 1. The zero-order valence-electron chi connectivity index (χ0n) is 8.48. The van der Waals surface area contributed by atoms with E-state index in [4.69, 9.17) is 4.42 Å². The van der Waals surface area contributed by atoms with E-state index in [1.165, 1.54) is 0 Å². The molecule has 0 unspecified atom stereocenters.